The van der Waals surface area contributed by atoms with Crippen molar-refractivity contribution < 1.29 is 0 Å². The summed E-state index contributed by atoms with van der Waals surface area (Å²) in [4.78, 5) is 26.3. The van der Waals surface area contributed by atoms with Gasteiger partial charge in [0.25, 0.3) is 0 Å². The third-order valence-electron chi connectivity index (χ3n) is 5.52. The van der Waals surface area contributed by atoms with E-state index in [9.17, 15) is 9.59 Å². The molecule has 2 aromatic heterocycles. The number of nitrogens with zero attached hydrogens (tertiary/aromatic N) is 2. The summed E-state index contributed by atoms with van der Waals surface area (Å²) in [6.45, 7) is 2.77. The van der Waals surface area contributed by atoms with E-state index < -0.39 is 0 Å². The van der Waals surface area contributed by atoms with Crippen LogP contribution in [0.4, 0.5) is 0 Å². The van der Waals surface area contributed by atoms with Crippen LogP contribution in [0.5, 0.6) is 0 Å². The third-order valence-corrected chi connectivity index (χ3v) is 5.52. The Morgan fingerprint density at radius 3 is 1.85 bits per heavy atom. The summed E-state index contributed by atoms with van der Waals surface area (Å²) >= 11 is 0. The molecule has 0 aliphatic rings. The number of fused-ring (bicyclic) bond motifs is 4. The highest BCUT2D eigenvalue weighted by Crippen LogP contribution is 2.25. The number of para-hydroxylation sites is 2. The van der Waals surface area contributed by atoms with Gasteiger partial charge in [-0.05, 0) is 43.3 Å². The van der Waals surface area contributed by atoms with Gasteiger partial charge in [0.2, 0.25) is 0 Å². The molecular weight excluding hydrogens is 336 g/mol. The van der Waals surface area contributed by atoms with Gasteiger partial charge in [0.05, 0.1) is 22.1 Å². The summed E-state index contributed by atoms with van der Waals surface area (Å²) in [5.74, 6) is 0. The van der Waals surface area contributed by atoms with Gasteiger partial charge in [-0.25, -0.2) is 0 Å². The topological polar surface area (TPSA) is 44.0 Å². The van der Waals surface area contributed by atoms with Crippen LogP contribution in [0.25, 0.3) is 43.6 Å². The molecule has 0 bridgehead atoms. The van der Waals surface area contributed by atoms with E-state index in [0.29, 0.717) is 21.5 Å². The molecule has 0 radical (unpaired) electrons. The van der Waals surface area contributed by atoms with Gasteiger partial charge in [-0.1, -0.05) is 24.3 Å². The third kappa shape index (κ3) is 2.04. The first-order chi connectivity index (χ1) is 13.1. The molecule has 4 heteroatoms. The average Bonchev–Trinajstić information content (AvgIpc) is 2.72. The Hall–Kier alpha value is -3.40. The van der Waals surface area contributed by atoms with E-state index in [1.54, 1.807) is 0 Å². The second-order valence-corrected chi connectivity index (χ2v) is 6.88. The molecule has 5 aromatic rings. The van der Waals surface area contributed by atoms with Crippen LogP contribution in [-0.4, -0.2) is 9.13 Å². The van der Waals surface area contributed by atoms with Crippen molar-refractivity contribution in [1.82, 2.24) is 9.13 Å². The van der Waals surface area contributed by atoms with Crippen LogP contribution in [0.1, 0.15) is 6.92 Å². The molecule has 0 atom stereocenters. The molecule has 0 aliphatic carbocycles. The zero-order valence-electron chi connectivity index (χ0n) is 15.2. The van der Waals surface area contributed by atoms with Gasteiger partial charge in [0.15, 0.2) is 10.9 Å². The Labute approximate surface area is 154 Å². The molecule has 0 saturated heterocycles. The highest BCUT2D eigenvalue weighted by atomic mass is 16.1. The van der Waals surface area contributed by atoms with Crippen LogP contribution in [0.2, 0.25) is 0 Å². The molecular formula is C23H18N2O2. The van der Waals surface area contributed by atoms with Crippen molar-refractivity contribution in [2.24, 2.45) is 7.05 Å². The number of rotatable bonds is 1. The van der Waals surface area contributed by atoms with E-state index in [1.807, 2.05) is 72.3 Å². The maximum absolute atomic E-state index is 13.2. The predicted molar refractivity (Wildman–Crippen MR) is 112 cm³/mol. The highest BCUT2D eigenvalue weighted by molar-refractivity contribution is 6.03. The largest absolute Gasteiger partial charge is 0.343 e. The van der Waals surface area contributed by atoms with Crippen LogP contribution < -0.4 is 10.9 Å². The Morgan fingerprint density at radius 2 is 1.19 bits per heavy atom. The molecule has 0 N–H and O–H groups in total. The summed E-state index contributed by atoms with van der Waals surface area (Å²) in [7, 11) is 1.94. The minimum absolute atomic E-state index is 0.00357. The highest BCUT2D eigenvalue weighted by Gasteiger charge is 2.14. The van der Waals surface area contributed by atoms with E-state index in [2.05, 4.69) is 11.5 Å². The lowest BCUT2D eigenvalue weighted by Crippen LogP contribution is -2.14. The lowest BCUT2D eigenvalue weighted by atomic mass is 10.0. The summed E-state index contributed by atoms with van der Waals surface area (Å²) < 4.78 is 4.11. The Kier molecular flexibility index (Phi) is 3.25. The molecule has 2 heterocycles. The normalized spacial score (nSPS) is 11.8. The summed E-state index contributed by atoms with van der Waals surface area (Å²) in [5.41, 5.74) is 3.36. The van der Waals surface area contributed by atoms with Crippen molar-refractivity contribution in [3.63, 3.8) is 0 Å². The van der Waals surface area contributed by atoms with Crippen molar-refractivity contribution in [3.05, 3.63) is 81.1 Å². The number of hydrogen-bond acceptors (Lipinski definition) is 2. The van der Waals surface area contributed by atoms with Gasteiger partial charge in [-0.3, -0.25) is 9.59 Å². The van der Waals surface area contributed by atoms with Crippen LogP contribution in [0, 0.1) is 0 Å². The zero-order chi connectivity index (χ0) is 18.7. The van der Waals surface area contributed by atoms with Gasteiger partial charge in [-0.15, -0.1) is 0 Å². The number of pyridine rings is 2. The van der Waals surface area contributed by atoms with Crippen LogP contribution in [-0.2, 0) is 13.6 Å². The summed E-state index contributed by atoms with van der Waals surface area (Å²) in [5, 5.41) is 2.68. The van der Waals surface area contributed by atoms with Crippen molar-refractivity contribution in [1.29, 1.82) is 0 Å². The first kappa shape index (κ1) is 15.8. The fourth-order valence-electron chi connectivity index (χ4n) is 4.19. The Balaban J connectivity index is 2.12. The van der Waals surface area contributed by atoms with Crippen LogP contribution in [0.3, 0.4) is 0 Å². The zero-order valence-corrected chi connectivity index (χ0v) is 15.2. The fourth-order valence-corrected chi connectivity index (χ4v) is 4.19. The Morgan fingerprint density at radius 1 is 0.667 bits per heavy atom. The second kappa shape index (κ2) is 5.55. The smallest absolute Gasteiger partial charge is 0.197 e. The van der Waals surface area contributed by atoms with E-state index in [0.717, 1.165) is 28.6 Å². The van der Waals surface area contributed by atoms with Crippen molar-refractivity contribution in [2.75, 3.05) is 0 Å². The molecule has 0 aliphatic heterocycles. The standard InChI is InChI=1S/C23H18N2O2/c1-3-25-19-11-7-5-9-15(19)23(27)17-12-20-16(13-21(17)25)22(26)14-8-4-6-10-18(14)24(20)2/h4-13H,3H2,1-2H3. The predicted octanol–water partition coefficient (Wildman–Crippen LogP) is 4.18. The second-order valence-electron chi connectivity index (χ2n) is 6.88. The fraction of sp³-hybridized carbons (Fsp3) is 0.130. The maximum Gasteiger partial charge on any atom is 0.197 e. The van der Waals surface area contributed by atoms with E-state index >= 15 is 0 Å². The molecule has 0 unspecified atom stereocenters. The molecule has 132 valence electrons. The van der Waals surface area contributed by atoms with Gasteiger partial charge >= 0.3 is 0 Å². The summed E-state index contributed by atoms with van der Waals surface area (Å²) in [6, 6.07) is 19.0. The van der Waals surface area contributed by atoms with Crippen molar-refractivity contribution in [2.45, 2.75) is 13.5 Å². The molecule has 3 aromatic carbocycles. The molecule has 5 rings (SSSR count). The average molecular weight is 354 g/mol. The minimum Gasteiger partial charge on any atom is -0.343 e. The molecule has 0 saturated carbocycles. The minimum atomic E-state index is 0.00357. The van der Waals surface area contributed by atoms with E-state index in [1.165, 1.54) is 0 Å². The van der Waals surface area contributed by atoms with Gasteiger partial charge < -0.3 is 9.13 Å². The number of hydrogen-bond donors (Lipinski definition) is 0. The number of benzene rings is 3. The molecule has 27 heavy (non-hydrogen) atoms. The molecule has 4 nitrogen and oxygen atoms in total. The molecule has 0 amide bonds. The SMILES string of the molecule is CCn1c2ccccc2c(=O)c2cc3c(cc21)c(=O)c1ccccc1n3C. The number of aryl methyl sites for hydroxylation is 2. The van der Waals surface area contributed by atoms with Crippen molar-refractivity contribution in [3.8, 4) is 0 Å². The first-order valence-electron chi connectivity index (χ1n) is 9.08. The first-order valence-corrected chi connectivity index (χ1v) is 9.08. The number of aromatic nitrogens is 2. The maximum atomic E-state index is 13.2. The van der Waals surface area contributed by atoms with Crippen LogP contribution >= 0.6 is 0 Å². The quantitative estimate of drug-likeness (QED) is 0.424. The van der Waals surface area contributed by atoms with E-state index in [-0.39, 0.29) is 10.9 Å². The van der Waals surface area contributed by atoms with Gasteiger partial charge in [0.1, 0.15) is 0 Å². The lowest BCUT2D eigenvalue weighted by Gasteiger charge is -2.16. The van der Waals surface area contributed by atoms with Gasteiger partial charge in [0, 0.05) is 35.1 Å². The monoisotopic (exact) mass is 354 g/mol. The summed E-state index contributed by atoms with van der Waals surface area (Å²) in [6.07, 6.45) is 0. The van der Waals surface area contributed by atoms with Gasteiger partial charge in [-0.2, -0.15) is 0 Å². The molecule has 0 spiro atoms. The Bertz CT molecular complexity index is 1510. The van der Waals surface area contributed by atoms with Crippen molar-refractivity contribution >= 4 is 43.6 Å². The lowest BCUT2D eigenvalue weighted by molar-refractivity contribution is 0.821. The van der Waals surface area contributed by atoms with E-state index in [4.69, 9.17) is 0 Å². The van der Waals surface area contributed by atoms with Crippen LogP contribution in [0.15, 0.2) is 70.3 Å². The molecule has 0 fully saturated rings.